The molecule has 0 aliphatic carbocycles. The molecule has 0 radical (unpaired) electrons. The van der Waals surface area contributed by atoms with E-state index in [2.05, 4.69) is 27.6 Å². The standard InChI is InChI=1S/C45H53ClN8O5/c1-51(2)20-16-40(55)49-33-12-14-36-37(26-33)48-29-54(44(36)58)28-45(59)17-22-53(23-18-45)43(57)32(24-30-8-5-4-6-9-30)10-7-19-47-42(56)31-11-13-34-38(25-31)50-39-27-52(3)21-15-35(39)41(34)46/h4-6,8-9,11-14,25-26,29,32,59H,7,10,15-24,27-28H2,1-3H3,(H,47,56)(H,49,55)/t32-/m0/s1. The predicted octanol–water partition coefficient (Wildman–Crippen LogP) is 4.90. The molecule has 13 nitrogen and oxygen atoms in total. The van der Waals surface area contributed by atoms with Crippen molar-refractivity contribution in [3.63, 3.8) is 0 Å². The summed E-state index contributed by atoms with van der Waals surface area (Å²) in [6, 6.07) is 20.4. The van der Waals surface area contributed by atoms with Crippen LogP contribution in [0.4, 0.5) is 5.69 Å². The van der Waals surface area contributed by atoms with Crippen molar-refractivity contribution in [2.24, 2.45) is 5.92 Å². The minimum Gasteiger partial charge on any atom is -0.388 e. The Bertz CT molecular complexity index is 2400. The largest absolute Gasteiger partial charge is 0.388 e. The van der Waals surface area contributed by atoms with Gasteiger partial charge in [-0.15, -0.1) is 0 Å². The van der Waals surface area contributed by atoms with E-state index < -0.39 is 5.60 Å². The summed E-state index contributed by atoms with van der Waals surface area (Å²) in [6.45, 7) is 3.42. The van der Waals surface area contributed by atoms with E-state index in [0.717, 1.165) is 41.7 Å². The van der Waals surface area contributed by atoms with Crippen molar-refractivity contribution in [2.75, 3.05) is 59.2 Å². The number of nitrogens with one attached hydrogen (secondary N) is 2. The molecule has 0 saturated carbocycles. The number of aromatic nitrogens is 3. The highest BCUT2D eigenvalue weighted by atomic mass is 35.5. The van der Waals surface area contributed by atoms with E-state index >= 15 is 0 Å². The molecule has 2 aliphatic rings. The first-order valence-corrected chi connectivity index (χ1v) is 20.8. The fraction of sp³-hybridized carbons (Fsp3) is 0.422. The zero-order chi connectivity index (χ0) is 41.7. The van der Waals surface area contributed by atoms with Gasteiger partial charge in [0.25, 0.3) is 11.5 Å². The number of anilines is 1. The highest BCUT2D eigenvalue weighted by Crippen LogP contribution is 2.32. The molecule has 0 unspecified atom stereocenters. The minimum atomic E-state index is -1.20. The van der Waals surface area contributed by atoms with Gasteiger partial charge in [0, 0.05) is 68.2 Å². The zero-order valence-electron chi connectivity index (χ0n) is 34.0. The van der Waals surface area contributed by atoms with Gasteiger partial charge in [0.2, 0.25) is 11.8 Å². The molecule has 14 heteroatoms. The van der Waals surface area contributed by atoms with Gasteiger partial charge in [0.15, 0.2) is 0 Å². The van der Waals surface area contributed by atoms with E-state index in [1.807, 2.05) is 60.3 Å². The van der Waals surface area contributed by atoms with Crippen molar-refractivity contribution in [1.29, 1.82) is 0 Å². The molecular formula is C45H53ClN8O5. The second-order valence-corrected chi connectivity index (χ2v) is 16.8. The van der Waals surface area contributed by atoms with Gasteiger partial charge < -0.3 is 30.4 Å². The summed E-state index contributed by atoms with van der Waals surface area (Å²) < 4.78 is 1.43. The van der Waals surface area contributed by atoms with Crippen molar-refractivity contribution in [2.45, 2.75) is 63.6 Å². The van der Waals surface area contributed by atoms with Crippen LogP contribution in [0.25, 0.3) is 21.8 Å². The first-order chi connectivity index (χ1) is 28.4. The van der Waals surface area contributed by atoms with Crippen LogP contribution in [0.2, 0.25) is 5.02 Å². The number of amides is 3. The average molecular weight is 821 g/mol. The smallest absolute Gasteiger partial charge is 0.261 e. The molecular weight excluding hydrogens is 768 g/mol. The second kappa shape index (κ2) is 18.4. The fourth-order valence-electron chi connectivity index (χ4n) is 8.11. The Kier molecular flexibility index (Phi) is 13.1. The van der Waals surface area contributed by atoms with Crippen molar-refractivity contribution in [3.05, 3.63) is 111 Å². The van der Waals surface area contributed by atoms with Gasteiger partial charge in [-0.1, -0.05) is 48.0 Å². The van der Waals surface area contributed by atoms with Crippen molar-refractivity contribution in [1.82, 2.24) is 34.6 Å². The number of carbonyl (C=O) groups is 3. The van der Waals surface area contributed by atoms with Gasteiger partial charge in [-0.3, -0.25) is 28.7 Å². The van der Waals surface area contributed by atoms with Crippen LogP contribution in [0, 0.1) is 5.92 Å². The van der Waals surface area contributed by atoms with Crippen LogP contribution in [-0.4, -0.2) is 112 Å². The number of rotatable bonds is 14. The fourth-order valence-corrected chi connectivity index (χ4v) is 8.48. The molecule has 3 amide bonds. The molecule has 1 saturated heterocycles. The monoisotopic (exact) mass is 820 g/mol. The van der Waals surface area contributed by atoms with Crippen LogP contribution >= 0.6 is 11.6 Å². The number of hydrogen-bond acceptors (Lipinski definition) is 9. The Labute approximate surface area is 349 Å². The second-order valence-electron chi connectivity index (χ2n) is 16.4. The number of benzene rings is 3. The molecule has 310 valence electrons. The Morgan fingerprint density at radius 2 is 1.75 bits per heavy atom. The Morgan fingerprint density at radius 3 is 2.51 bits per heavy atom. The average Bonchev–Trinajstić information content (AvgIpc) is 3.22. The van der Waals surface area contributed by atoms with Gasteiger partial charge in [-0.25, -0.2) is 4.98 Å². The third-order valence-corrected chi connectivity index (χ3v) is 12.0. The number of likely N-dealkylation sites (N-methyl/N-ethyl adjacent to an activating group) is 1. The van der Waals surface area contributed by atoms with E-state index in [4.69, 9.17) is 16.6 Å². The molecule has 59 heavy (non-hydrogen) atoms. The van der Waals surface area contributed by atoms with E-state index in [1.165, 1.54) is 10.9 Å². The molecule has 2 aliphatic heterocycles. The maximum atomic E-state index is 14.1. The van der Waals surface area contributed by atoms with Crippen molar-refractivity contribution >= 4 is 56.8 Å². The highest BCUT2D eigenvalue weighted by Gasteiger charge is 2.36. The van der Waals surface area contributed by atoms with Gasteiger partial charge >= 0.3 is 0 Å². The number of piperidine rings is 1. The zero-order valence-corrected chi connectivity index (χ0v) is 34.8. The quantitative estimate of drug-likeness (QED) is 0.133. The number of fused-ring (bicyclic) bond motifs is 3. The van der Waals surface area contributed by atoms with E-state index in [9.17, 15) is 24.3 Å². The lowest BCUT2D eigenvalue weighted by Gasteiger charge is -2.39. The lowest BCUT2D eigenvalue weighted by molar-refractivity contribution is -0.140. The summed E-state index contributed by atoms with van der Waals surface area (Å²) >= 11 is 6.78. The van der Waals surface area contributed by atoms with Crippen molar-refractivity contribution in [3.8, 4) is 0 Å². The summed E-state index contributed by atoms with van der Waals surface area (Å²) in [5, 5.41) is 19.5. The van der Waals surface area contributed by atoms with Gasteiger partial charge in [0.05, 0.1) is 45.6 Å². The topological polar surface area (TPSA) is 153 Å². The number of pyridine rings is 1. The number of carbonyl (C=O) groups excluding carboxylic acids is 3. The summed E-state index contributed by atoms with van der Waals surface area (Å²) in [6.07, 6.45) is 4.98. The maximum Gasteiger partial charge on any atom is 0.261 e. The van der Waals surface area contributed by atoms with Crippen LogP contribution < -0.4 is 16.2 Å². The highest BCUT2D eigenvalue weighted by molar-refractivity contribution is 6.36. The summed E-state index contributed by atoms with van der Waals surface area (Å²) in [5.41, 5.74) is 3.84. The molecule has 1 fully saturated rings. The van der Waals surface area contributed by atoms with Crippen LogP contribution in [-0.2, 0) is 35.5 Å². The molecule has 5 aromatic rings. The molecule has 0 bridgehead atoms. The molecule has 3 aromatic carbocycles. The van der Waals surface area contributed by atoms with Gasteiger partial charge in [0.1, 0.15) is 0 Å². The number of aliphatic hydroxyl groups is 1. The number of hydrogen-bond donors (Lipinski definition) is 3. The molecule has 4 heterocycles. The molecule has 3 N–H and O–H groups in total. The van der Waals surface area contributed by atoms with Crippen LogP contribution in [0.5, 0.6) is 0 Å². The number of halogens is 1. The minimum absolute atomic E-state index is 0.0165. The van der Waals surface area contributed by atoms with E-state index in [1.54, 1.807) is 30.3 Å². The molecule has 2 aromatic heterocycles. The SMILES string of the molecule is CN(C)CCC(=O)Nc1ccc2c(=O)n(CC3(O)CCN(C(=O)[C@@H](CCCNC(=O)c4ccc5c(Cl)c6c(nc5c4)CN(C)CC6)Cc4ccccc4)CC3)cnc2c1. The van der Waals surface area contributed by atoms with Gasteiger partial charge in [-0.05, 0) is 101 Å². The molecule has 1 atom stereocenters. The Balaban J connectivity index is 0.948. The first kappa shape index (κ1) is 41.9. The van der Waals surface area contributed by atoms with Crippen LogP contribution in [0.1, 0.15) is 59.3 Å². The molecule has 7 rings (SSSR count). The summed E-state index contributed by atoms with van der Waals surface area (Å²) in [7, 11) is 5.87. The van der Waals surface area contributed by atoms with Gasteiger partial charge in [-0.2, -0.15) is 0 Å². The third-order valence-electron chi connectivity index (χ3n) is 11.6. The predicted molar refractivity (Wildman–Crippen MR) is 231 cm³/mol. The third kappa shape index (κ3) is 10.2. The maximum absolute atomic E-state index is 14.1. The van der Waals surface area contributed by atoms with Crippen LogP contribution in [0.3, 0.4) is 0 Å². The normalized spacial score (nSPS) is 15.9. The summed E-state index contributed by atoms with van der Waals surface area (Å²) in [5.74, 6) is -0.623. The lowest BCUT2D eigenvalue weighted by Crippen LogP contribution is -2.51. The Morgan fingerprint density at radius 1 is 0.983 bits per heavy atom. The van der Waals surface area contributed by atoms with Crippen molar-refractivity contribution < 1.29 is 19.5 Å². The van der Waals surface area contributed by atoms with E-state index in [-0.39, 0.29) is 35.7 Å². The Hall–Kier alpha value is -5.21. The number of nitrogens with zero attached hydrogens (tertiary/aromatic N) is 6. The number of likely N-dealkylation sites (tertiary alicyclic amines) is 1. The molecule has 0 spiro atoms. The summed E-state index contributed by atoms with van der Waals surface area (Å²) in [4.78, 5) is 68.5. The van der Waals surface area contributed by atoms with E-state index in [0.29, 0.717) is 97.4 Å². The lowest BCUT2D eigenvalue weighted by atomic mass is 9.88. The first-order valence-electron chi connectivity index (χ1n) is 20.4. The van der Waals surface area contributed by atoms with Crippen LogP contribution in [0.15, 0.2) is 77.9 Å².